The van der Waals surface area contributed by atoms with Gasteiger partial charge in [0.05, 0.1) is 43.9 Å². The van der Waals surface area contributed by atoms with Gasteiger partial charge in [-0.1, -0.05) is 18.5 Å². The molecule has 4 aromatic rings. The highest BCUT2D eigenvalue weighted by Gasteiger charge is 2.29. The molecule has 5 rings (SSSR count). The predicted octanol–water partition coefficient (Wildman–Crippen LogP) is 2.99. The summed E-state index contributed by atoms with van der Waals surface area (Å²) < 4.78 is 82.9. The van der Waals surface area contributed by atoms with Crippen molar-refractivity contribution in [2.75, 3.05) is 38.2 Å². The first-order valence-corrected chi connectivity index (χ1v) is 20.5. The summed E-state index contributed by atoms with van der Waals surface area (Å²) >= 11 is 8.17. The molecule has 0 atom stereocenters. The lowest BCUT2D eigenvalue weighted by atomic mass is 10.3. The van der Waals surface area contributed by atoms with Crippen molar-refractivity contribution < 1.29 is 45.0 Å². The molecule has 286 valence electrons. The molecule has 2 N–H and O–H groups in total. The van der Waals surface area contributed by atoms with Gasteiger partial charge in [-0.25, -0.2) is 37.0 Å². The highest BCUT2D eigenvalue weighted by Crippen LogP contribution is 2.33. The molecule has 0 unspecified atom stereocenters. The number of urea groups is 1. The second-order valence-corrected chi connectivity index (χ2v) is 16.5. The number of fused-ring (bicyclic) bond motifs is 1. The number of methoxy groups -OCH3 is 3. The average molecular weight is 835 g/mol. The largest absolute Gasteiger partial charge is 0.481 e. The monoisotopic (exact) mass is 834 g/mol. The summed E-state index contributed by atoms with van der Waals surface area (Å²) in [5.41, 5.74) is 0.0829. The first-order valence-electron chi connectivity index (χ1n) is 15.1. The van der Waals surface area contributed by atoms with Crippen molar-refractivity contribution in [3.63, 3.8) is 0 Å². The van der Waals surface area contributed by atoms with Gasteiger partial charge in [-0.2, -0.15) is 18.4 Å². The summed E-state index contributed by atoms with van der Waals surface area (Å²) in [5, 5.41) is 1.50. The Labute approximate surface area is 315 Å². The Morgan fingerprint density at radius 2 is 1.72 bits per heavy atom. The lowest BCUT2D eigenvalue weighted by molar-refractivity contribution is -0.137. The van der Waals surface area contributed by atoms with Crippen molar-refractivity contribution in [3.05, 3.63) is 61.8 Å². The molecule has 0 saturated heterocycles. The summed E-state index contributed by atoms with van der Waals surface area (Å²) in [6.45, 7) is 2.68. The number of sulfone groups is 1. The molecule has 0 radical (unpaired) electrons. The SMILES string of the molecule is CCS(=O)(=O)c1cccnc1S(=O)(=O)NC(=O)Nc1nc(OC)cc(OC)n1.COC(=O)CSc1cc(/N=c2\sc(=O)n3n2CCCC3)c(F)cc1Cl. The molecule has 0 spiro atoms. The average Bonchev–Trinajstić information content (AvgIpc) is 3.46. The lowest BCUT2D eigenvalue weighted by Gasteiger charge is -2.15. The number of nitrogens with zero attached hydrogens (tertiary/aromatic N) is 6. The first kappa shape index (κ1) is 41.2. The quantitative estimate of drug-likeness (QED) is 0.164. The van der Waals surface area contributed by atoms with Gasteiger partial charge < -0.3 is 14.2 Å². The minimum Gasteiger partial charge on any atom is -0.481 e. The zero-order valence-electron chi connectivity index (χ0n) is 28.4. The number of amides is 2. The number of carbonyl (C=O) groups excluding carboxylic acids is 2. The van der Waals surface area contributed by atoms with Crippen LogP contribution in [0.15, 0.2) is 61.1 Å². The molecular formula is C29H32ClFN8O10S4. The number of anilines is 1. The van der Waals surface area contributed by atoms with Gasteiger partial charge in [-0.15, -0.1) is 11.8 Å². The van der Waals surface area contributed by atoms with E-state index in [9.17, 15) is 35.6 Å². The van der Waals surface area contributed by atoms with Crippen molar-refractivity contribution in [2.24, 2.45) is 4.99 Å². The molecule has 2 amide bonds. The number of thioether (sulfide) groups is 1. The van der Waals surface area contributed by atoms with E-state index in [0.29, 0.717) is 22.8 Å². The molecule has 53 heavy (non-hydrogen) atoms. The second-order valence-electron chi connectivity index (χ2n) is 10.4. The van der Waals surface area contributed by atoms with Crippen LogP contribution in [-0.2, 0) is 42.5 Å². The molecule has 0 bridgehead atoms. The van der Waals surface area contributed by atoms with E-state index in [-0.39, 0.29) is 44.8 Å². The van der Waals surface area contributed by atoms with Gasteiger partial charge in [-0.3, -0.25) is 19.6 Å². The fourth-order valence-corrected chi connectivity index (χ4v) is 8.90. The van der Waals surface area contributed by atoms with Crippen LogP contribution in [0.3, 0.4) is 0 Å². The third-order valence-electron chi connectivity index (χ3n) is 6.94. The number of benzene rings is 1. The fourth-order valence-electron chi connectivity index (χ4n) is 4.37. The second kappa shape index (κ2) is 18.0. The molecule has 0 fully saturated rings. The minimum atomic E-state index is -4.61. The van der Waals surface area contributed by atoms with Crippen LogP contribution in [0.2, 0.25) is 5.02 Å². The van der Waals surface area contributed by atoms with Crippen molar-refractivity contribution in [3.8, 4) is 11.8 Å². The minimum absolute atomic E-state index is 0.0605. The zero-order chi connectivity index (χ0) is 38.9. The summed E-state index contributed by atoms with van der Waals surface area (Å²) in [6.07, 6.45) is 2.99. The summed E-state index contributed by atoms with van der Waals surface area (Å²) in [7, 11) is -4.55. The van der Waals surface area contributed by atoms with E-state index in [0.717, 1.165) is 54.3 Å². The van der Waals surface area contributed by atoms with Crippen LogP contribution >= 0.6 is 34.7 Å². The number of aromatic nitrogens is 5. The molecule has 1 aliphatic heterocycles. The Bertz CT molecular complexity index is 2330. The Balaban J connectivity index is 0.000000238. The number of pyridine rings is 1. The van der Waals surface area contributed by atoms with E-state index in [2.05, 4.69) is 30.0 Å². The Morgan fingerprint density at radius 3 is 2.34 bits per heavy atom. The number of carbonyl (C=O) groups is 2. The van der Waals surface area contributed by atoms with E-state index in [1.54, 1.807) is 14.1 Å². The first-order chi connectivity index (χ1) is 25.1. The molecule has 24 heteroatoms. The molecule has 1 aliphatic rings. The van der Waals surface area contributed by atoms with E-state index < -0.39 is 47.6 Å². The van der Waals surface area contributed by atoms with Gasteiger partial charge in [0.2, 0.25) is 22.5 Å². The van der Waals surface area contributed by atoms with Crippen LogP contribution in [0, 0.1) is 5.82 Å². The number of rotatable bonds is 11. The van der Waals surface area contributed by atoms with Crippen molar-refractivity contribution in [1.82, 2.24) is 29.0 Å². The maximum atomic E-state index is 14.3. The molecule has 3 aromatic heterocycles. The van der Waals surface area contributed by atoms with Crippen LogP contribution < -0.4 is 29.2 Å². The zero-order valence-corrected chi connectivity index (χ0v) is 32.4. The number of hydrogen-bond donors (Lipinski definition) is 2. The Kier molecular flexibility index (Phi) is 14.0. The van der Waals surface area contributed by atoms with Gasteiger partial charge in [0.15, 0.2) is 14.9 Å². The van der Waals surface area contributed by atoms with Crippen LogP contribution in [0.1, 0.15) is 19.8 Å². The topological polar surface area (TPSA) is 232 Å². The molecule has 0 saturated carbocycles. The Morgan fingerprint density at radius 1 is 1.06 bits per heavy atom. The highest BCUT2D eigenvalue weighted by molar-refractivity contribution is 8.00. The van der Waals surface area contributed by atoms with Gasteiger partial charge in [-0.05, 0) is 48.4 Å². The Hall–Kier alpha value is -4.58. The highest BCUT2D eigenvalue weighted by atomic mass is 35.5. The molecule has 1 aromatic carbocycles. The summed E-state index contributed by atoms with van der Waals surface area (Å²) in [6, 6.07) is 5.12. The van der Waals surface area contributed by atoms with Gasteiger partial charge in [0, 0.05) is 24.2 Å². The van der Waals surface area contributed by atoms with Crippen molar-refractivity contribution in [2.45, 2.75) is 47.7 Å². The van der Waals surface area contributed by atoms with Crippen molar-refractivity contribution >= 4 is 78.2 Å². The third kappa shape index (κ3) is 10.5. The maximum absolute atomic E-state index is 14.3. The van der Waals surface area contributed by atoms with E-state index in [1.165, 1.54) is 46.5 Å². The standard InChI is InChI=1S/C15H15ClFN3O3S2.C14H17N5O7S2/c1-23-13(21)8-24-12-7-11(10(17)6-9(12)16)18-14-19-4-2-3-5-20(19)15(22)25-14;1-4-27(21,22)9-6-5-7-15-12(9)28(23,24)19-14(20)18-13-16-10(25-2)8-11(17-13)26-3/h6-7H,2-5,8H2,1H3;5-8H,4H2,1-3H3,(H2,16,17,18,19,20)/b18-14-;. The van der Waals surface area contributed by atoms with Crippen LogP contribution in [0.25, 0.3) is 0 Å². The van der Waals surface area contributed by atoms with Crippen LogP contribution in [-0.4, -0.2) is 86.0 Å². The van der Waals surface area contributed by atoms with Crippen molar-refractivity contribution in [1.29, 1.82) is 0 Å². The van der Waals surface area contributed by atoms with E-state index >= 15 is 0 Å². The number of nitrogens with one attached hydrogen (secondary N) is 2. The molecule has 0 aliphatic carbocycles. The molecular weight excluding hydrogens is 803 g/mol. The van der Waals surface area contributed by atoms with Crippen LogP contribution in [0.4, 0.5) is 20.8 Å². The number of halogens is 2. The normalized spacial score (nSPS) is 12.9. The van der Waals surface area contributed by atoms with Gasteiger partial charge in [0.25, 0.3) is 10.0 Å². The van der Waals surface area contributed by atoms with E-state index in [1.807, 2.05) is 0 Å². The predicted molar refractivity (Wildman–Crippen MR) is 192 cm³/mol. The fraction of sp³-hybridized carbons (Fsp3) is 0.345. The van der Waals surface area contributed by atoms with E-state index in [4.69, 9.17) is 21.1 Å². The summed E-state index contributed by atoms with van der Waals surface area (Å²) in [5.74, 6) is -1.44. The van der Waals surface area contributed by atoms with Crippen LogP contribution in [0.5, 0.6) is 11.8 Å². The maximum Gasteiger partial charge on any atom is 0.335 e. The summed E-state index contributed by atoms with van der Waals surface area (Å²) in [4.78, 5) is 51.3. The molecule has 4 heterocycles. The number of hydrogen-bond acceptors (Lipinski definition) is 16. The number of sulfonamides is 1. The smallest absolute Gasteiger partial charge is 0.335 e. The lowest BCUT2D eigenvalue weighted by Crippen LogP contribution is -2.36. The third-order valence-corrected chi connectivity index (χ3v) is 12.4. The van der Waals surface area contributed by atoms with Gasteiger partial charge >= 0.3 is 16.9 Å². The molecule has 18 nitrogen and oxygen atoms in total. The number of esters is 1. The van der Waals surface area contributed by atoms with Gasteiger partial charge in [0.1, 0.15) is 16.4 Å². The number of ether oxygens (including phenoxy) is 3.